The summed E-state index contributed by atoms with van der Waals surface area (Å²) in [5.74, 6) is 0. The number of hydrogen-bond acceptors (Lipinski definition) is 4. The number of hydrogen-bond donors (Lipinski definition) is 0. The molecule has 2 aromatic rings. The Hall–Kier alpha value is -1.70. The van der Waals surface area contributed by atoms with Gasteiger partial charge in [0.15, 0.2) is 0 Å². The monoisotopic (exact) mass is 243 g/mol. The van der Waals surface area contributed by atoms with Crippen molar-refractivity contribution in [2.45, 2.75) is 13.1 Å². The summed E-state index contributed by atoms with van der Waals surface area (Å²) in [7, 11) is 2.05. The molecule has 3 nitrogen and oxygen atoms in total. The maximum Gasteiger partial charge on any atom is 0.0991 e. The van der Waals surface area contributed by atoms with Gasteiger partial charge in [0.25, 0.3) is 0 Å². The van der Waals surface area contributed by atoms with E-state index >= 15 is 0 Å². The molecule has 1 heterocycles. The minimum Gasteiger partial charge on any atom is -0.296 e. The summed E-state index contributed by atoms with van der Waals surface area (Å²) >= 11 is 1.61. The Kier molecular flexibility index (Phi) is 3.86. The standard InChI is InChI=1S/C13H13N3S/c1-16(8-13-9-17-10-15-13)7-12-4-2-3-11(5-12)6-14/h2-5,9-10H,7-8H2,1H3. The fraction of sp³-hybridized carbons (Fsp3) is 0.231. The zero-order valence-corrected chi connectivity index (χ0v) is 10.4. The van der Waals surface area contributed by atoms with Crippen LogP contribution in [-0.4, -0.2) is 16.9 Å². The first kappa shape index (κ1) is 11.8. The van der Waals surface area contributed by atoms with E-state index in [2.05, 4.69) is 28.4 Å². The number of nitriles is 1. The predicted octanol–water partition coefficient (Wildman–Crippen LogP) is 2.65. The molecule has 0 N–H and O–H groups in total. The highest BCUT2D eigenvalue weighted by Gasteiger charge is 2.03. The number of nitrogens with zero attached hydrogens (tertiary/aromatic N) is 3. The minimum atomic E-state index is 0.713. The minimum absolute atomic E-state index is 0.713. The van der Waals surface area contributed by atoms with E-state index in [0.717, 1.165) is 24.3 Å². The van der Waals surface area contributed by atoms with Crippen molar-refractivity contribution < 1.29 is 0 Å². The lowest BCUT2D eigenvalue weighted by molar-refractivity contribution is 0.316. The molecule has 0 aliphatic rings. The maximum atomic E-state index is 8.83. The van der Waals surface area contributed by atoms with Gasteiger partial charge in [0.1, 0.15) is 0 Å². The molecule has 0 spiro atoms. The lowest BCUT2D eigenvalue weighted by atomic mass is 10.1. The normalized spacial score (nSPS) is 10.4. The summed E-state index contributed by atoms with van der Waals surface area (Å²) in [5, 5.41) is 10.9. The molecule has 0 aliphatic carbocycles. The highest BCUT2D eigenvalue weighted by atomic mass is 32.1. The second kappa shape index (κ2) is 5.58. The largest absolute Gasteiger partial charge is 0.296 e. The van der Waals surface area contributed by atoms with Crippen molar-refractivity contribution in [1.82, 2.24) is 9.88 Å². The van der Waals surface area contributed by atoms with Gasteiger partial charge >= 0.3 is 0 Å². The molecule has 0 unspecified atom stereocenters. The van der Waals surface area contributed by atoms with Crippen molar-refractivity contribution in [1.29, 1.82) is 5.26 Å². The van der Waals surface area contributed by atoms with Crippen LogP contribution in [0.3, 0.4) is 0 Å². The molecule has 1 aromatic heterocycles. The van der Waals surface area contributed by atoms with Gasteiger partial charge in [-0.25, -0.2) is 4.98 Å². The van der Waals surface area contributed by atoms with E-state index < -0.39 is 0 Å². The van der Waals surface area contributed by atoms with Gasteiger partial charge in [-0.2, -0.15) is 5.26 Å². The Morgan fingerprint density at radius 1 is 1.41 bits per heavy atom. The van der Waals surface area contributed by atoms with Gasteiger partial charge in [-0.05, 0) is 24.7 Å². The lowest BCUT2D eigenvalue weighted by Gasteiger charge is -2.15. The first-order valence-corrected chi connectivity index (χ1v) is 6.27. The van der Waals surface area contributed by atoms with E-state index in [1.165, 1.54) is 0 Å². The molecule has 0 amide bonds. The van der Waals surface area contributed by atoms with E-state index in [4.69, 9.17) is 5.26 Å². The molecular formula is C13H13N3S. The van der Waals surface area contributed by atoms with Crippen molar-refractivity contribution >= 4 is 11.3 Å². The fourth-order valence-corrected chi connectivity index (χ4v) is 2.25. The van der Waals surface area contributed by atoms with Gasteiger partial charge in [-0.15, -0.1) is 11.3 Å². The van der Waals surface area contributed by atoms with Crippen LogP contribution in [0.2, 0.25) is 0 Å². The predicted molar refractivity (Wildman–Crippen MR) is 68.4 cm³/mol. The van der Waals surface area contributed by atoms with E-state index in [1.54, 1.807) is 11.3 Å². The molecule has 0 bridgehead atoms. The van der Waals surface area contributed by atoms with Gasteiger partial charge in [-0.3, -0.25) is 4.90 Å². The molecule has 0 saturated heterocycles. The molecule has 86 valence electrons. The zero-order chi connectivity index (χ0) is 12.1. The molecule has 1 aromatic carbocycles. The maximum absolute atomic E-state index is 8.83. The zero-order valence-electron chi connectivity index (χ0n) is 9.63. The topological polar surface area (TPSA) is 39.9 Å². The molecule has 0 radical (unpaired) electrons. The van der Waals surface area contributed by atoms with Crippen LogP contribution in [0.4, 0.5) is 0 Å². The Labute approximate surface area is 105 Å². The Morgan fingerprint density at radius 2 is 2.29 bits per heavy atom. The molecule has 17 heavy (non-hydrogen) atoms. The highest BCUT2D eigenvalue weighted by Crippen LogP contribution is 2.10. The number of rotatable bonds is 4. The van der Waals surface area contributed by atoms with Gasteiger partial charge in [0.2, 0.25) is 0 Å². The number of thiazole rings is 1. The van der Waals surface area contributed by atoms with Gasteiger partial charge in [0.05, 0.1) is 22.8 Å². The first-order chi connectivity index (χ1) is 8.28. The van der Waals surface area contributed by atoms with Gasteiger partial charge in [-0.1, -0.05) is 12.1 Å². The van der Waals surface area contributed by atoms with Crippen molar-refractivity contribution in [3.05, 3.63) is 52.0 Å². The molecule has 0 aliphatic heterocycles. The summed E-state index contributed by atoms with van der Waals surface area (Å²) in [6.07, 6.45) is 0. The third-order valence-corrected chi connectivity index (χ3v) is 3.06. The van der Waals surface area contributed by atoms with Gasteiger partial charge in [0, 0.05) is 18.5 Å². The highest BCUT2D eigenvalue weighted by molar-refractivity contribution is 7.07. The summed E-state index contributed by atoms with van der Waals surface area (Å²) in [5.41, 5.74) is 4.81. The quantitative estimate of drug-likeness (QED) is 0.828. The van der Waals surface area contributed by atoms with Crippen LogP contribution in [0, 0.1) is 11.3 Å². The second-order valence-corrected chi connectivity index (χ2v) is 4.68. The third-order valence-electron chi connectivity index (χ3n) is 2.42. The third kappa shape index (κ3) is 3.38. The summed E-state index contributed by atoms with van der Waals surface area (Å²) < 4.78 is 0. The van der Waals surface area contributed by atoms with E-state index in [-0.39, 0.29) is 0 Å². The van der Waals surface area contributed by atoms with Crippen LogP contribution in [-0.2, 0) is 13.1 Å². The smallest absolute Gasteiger partial charge is 0.0991 e. The number of aromatic nitrogens is 1. The van der Waals surface area contributed by atoms with Crippen molar-refractivity contribution in [3.8, 4) is 6.07 Å². The number of benzene rings is 1. The molecule has 0 saturated carbocycles. The van der Waals surface area contributed by atoms with Crippen LogP contribution in [0.25, 0.3) is 0 Å². The van der Waals surface area contributed by atoms with E-state index in [9.17, 15) is 0 Å². The average molecular weight is 243 g/mol. The first-order valence-electron chi connectivity index (χ1n) is 5.32. The van der Waals surface area contributed by atoms with E-state index in [0.29, 0.717) is 5.56 Å². The Balaban J connectivity index is 1.98. The molecular weight excluding hydrogens is 230 g/mol. The lowest BCUT2D eigenvalue weighted by Crippen LogP contribution is -2.17. The fourth-order valence-electron chi connectivity index (χ4n) is 1.70. The van der Waals surface area contributed by atoms with E-state index in [1.807, 2.05) is 29.8 Å². The Morgan fingerprint density at radius 3 is 3.00 bits per heavy atom. The second-order valence-electron chi connectivity index (χ2n) is 3.96. The van der Waals surface area contributed by atoms with Crippen LogP contribution < -0.4 is 0 Å². The van der Waals surface area contributed by atoms with Crippen LogP contribution in [0.5, 0.6) is 0 Å². The average Bonchev–Trinajstić information content (AvgIpc) is 2.82. The summed E-state index contributed by atoms with van der Waals surface area (Å²) in [6.45, 7) is 1.66. The SMILES string of the molecule is CN(Cc1cccc(C#N)c1)Cc1cscn1. The van der Waals surface area contributed by atoms with Crippen molar-refractivity contribution in [2.75, 3.05) is 7.05 Å². The van der Waals surface area contributed by atoms with Crippen LogP contribution in [0.15, 0.2) is 35.2 Å². The van der Waals surface area contributed by atoms with Crippen LogP contribution >= 0.6 is 11.3 Å². The van der Waals surface area contributed by atoms with Crippen LogP contribution in [0.1, 0.15) is 16.8 Å². The summed E-state index contributed by atoms with van der Waals surface area (Å²) in [4.78, 5) is 6.44. The van der Waals surface area contributed by atoms with Crippen molar-refractivity contribution in [3.63, 3.8) is 0 Å². The molecule has 0 fully saturated rings. The molecule has 2 rings (SSSR count). The van der Waals surface area contributed by atoms with Gasteiger partial charge < -0.3 is 0 Å². The summed E-state index contributed by atoms with van der Waals surface area (Å²) in [6, 6.07) is 9.87. The molecule has 0 atom stereocenters. The van der Waals surface area contributed by atoms with Crippen molar-refractivity contribution in [2.24, 2.45) is 0 Å². The Bertz CT molecular complexity index is 514. The molecule has 4 heteroatoms.